The molecule has 2 saturated carbocycles. The van der Waals surface area contributed by atoms with Crippen LogP contribution in [0.15, 0.2) is 0 Å². The van der Waals surface area contributed by atoms with E-state index < -0.39 is 0 Å². The number of rotatable bonds is 2. The highest BCUT2D eigenvalue weighted by Gasteiger charge is 2.45. The number of hydrogen-bond donors (Lipinski definition) is 0. The highest BCUT2D eigenvalue weighted by molar-refractivity contribution is 5.89. The summed E-state index contributed by atoms with van der Waals surface area (Å²) in [4.78, 5) is 29.2. The average Bonchev–Trinajstić information content (AvgIpc) is 3.28. The summed E-state index contributed by atoms with van der Waals surface area (Å²) in [6.07, 6.45) is 10.3. The van der Waals surface area contributed by atoms with Crippen molar-refractivity contribution in [3.8, 4) is 0 Å². The van der Waals surface area contributed by atoms with Gasteiger partial charge < -0.3 is 9.80 Å². The Kier molecular flexibility index (Phi) is 3.43. The third-order valence-electron chi connectivity index (χ3n) is 6.02. The Morgan fingerprint density at radius 3 is 2.57 bits per heavy atom. The molecule has 0 spiro atoms. The predicted molar refractivity (Wildman–Crippen MR) is 79.5 cm³/mol. The van der Waals surface area contributed by atoms with Crippen molar-refractivity contribution in [3.63, 3.8) is 0 Å². The molecule has 116 valence electrons. The van der Waals surface area contributed by atoms with Crippen LogP contribution in [0, 0.1) is 11.8 Å². The second-order valence-electron chi connectivity index (χ2n) is 7.46. The molecule has 2 saturated heterocycles. The van der Waals surface area contributed by atoms with Gasteiger partial charge in [-0.1, -0.05) is 12.8 Å². The normalized spacial score (nSPS) is 36.8. The van der Waals surface area contributed by atoms with Gasteiger partial charge in [-0.15, -0.1) is 0 Å². The third kappa shape index (κ3) is 2.47. The second-order valence-corrected chi connectivity index (χ2v) is 7.46. The van der Waals surface area contributed by atoms with Gasteiger partial charge in [0.05, 0.1) is 5.92 Å². The van der Waals surface area contributed by atoms with E-state index in [1.807, 2.05) is 4.90 Å². The first-order valence-electron chi connectivity index (χ1n) is 8.84. The maximum Gasteiger partial charge on any atom is 0.228 e. The predicted octanol–water partition coefficient (Wildman–Crippen LogP) is 2.18. The van der Waals surface area contributed by atoms with Gasteiger partial charge in [-0.2, -0.15) is 0 Å². The summed E-state index contributed by atoms with van der Waals surface area (Å²) in [6, 6.07) is 0.934. The molecule has 0 bridgehead atoms. The lowest BCUT2D eigenvalue weighted by atomic mass is 9.78. The SMILES string of the molecule is O=C1CC(C(=O)N2CCCC3CCCCC32)CN1C1CC1. The Bertz CT molecular complexity index is 444. The Morgan fingerprint density at radius 1 is 1.00 bits per heavy atom. The zero-order chi connectivity index (χ0) is 14.4. The molecular weight excluding hydrogens is 264 g/mol. The molecule has 0 aromatic rings. The van der Waals surface area contributed by atoms with E-state index in [1.165, 1.54) is 32.1 Å². The molecule has 2 heterocycles. The molecule has 2 aliphatic carbocycles. The number of likely N-dealkylation sites (tertiary alicyclic amines) is 2. The van der Waals surface area contributed by atoms with E-state index in [9.17, 15) is 9.59 Å². The van der Waals surface area contributed by atoms with E-state index in [-0.39, 0.29) is 17.7 Å². The van der Waals surface area contributed by atoms with Crippen LogP contribution in [-0.4, -0.2) is 46.8 Å². The highest BCUT2D eigenvalue weighted by Crippen LogP contribution is 2.38. The molecule has 3 unspecified atom stereocenters. The second kappa shape index (κ2) is 5.29. The van der Waals surface area contributed by atoms with E-state index in [2.05, 4.69) is 4.90 Å². The molecular formula is C17H26N2O2. The minimum Gasteiger partial charge on any atom is -0.339 e. The monoisotopic (exact) mass is 290 g/mol. The number of hydrogen-bond acceptors (Lipinski definition) is 2. The molecule has 3 atom stereocenters. The van der Waals surface area contributed by atoms with Crippen LogP contribution in [0.1, 0.15) is 57.8 Å². The number of piperidine rings is 1. The molecule has 2 aliphatic heterocycles. The standard InChI is InChI=1S/C17H26N2O2/c20-16-10-13(11-19(16)14-7-8-14)17(21)18-9-3-5-12-4-1-2-6-15(12)18/h12-15H,1-11H2. The first-order valence-corrected chi connectivity index (χ1v) is 8.84. The molecule has 4 rings (SSSR count). The van der Waals surface area contributed by atoms with E-state index >= 15 is 0 Å². The number of fused-ring (bicyclic) bond motifs is 1. The minimum atomic E-state index is -0.0567. The summed E-state index contributed by atoms with van der Waals surface area (Å²) in [6.45, 7) is 1.62. The van der Waals surface area contributed by atoms with E-state index in [0.29, 0.717) is 25.0 Å². The van der Waals surface area contributed by atoms with Crippen LogP contribution < -0.4 is 0 Å². The van der Waals surface area contributed by atoms with Gasteiger partial charge in [0.2, 0.25) is 11.8 Å². The largest absolute Gasteiger partial charge is 0.339 e. The molecule has 2 amide bonds. The fraction of sp³-hybridized carbons (Fsp3) is 0.882. The molecule has 21 heavy (non-hydrogen) atoms. The van der Waals surface area contributed by atoms with Crippen LogP contribution in [0.25, 0.3) is 0 Å². The van der Waals surface area contributed by atoms with Gasteiger partial charge in [-0.3, -0.25) is 9.59 Å². The Hall–Kier alpha value is -1.06. The van der Waals surface area contributed by atoms with Gasteiger partial charge in [0.25, 0.3) is 0 Å². The van der Waals surface area contributed by atoms with Crippen LogP contribution >= 0.6 is 0 Å². The van der Waals surface area contributed by atoms with Crippen molar-refractivity contribution in [2.24, 2.45) is 11.8 Å². The van der Waals surface area contributed by atoms with Gasteiger partial charge in [0.15, 0.2) is 0 Å². The molecule has 4 fully saturated rings. The summed E-state index contributed by atoms with van der Waals surface area (Å²) < 4.78 is 0. The fourth-order valence-corrected chi connectivity index (χ4v) is 4.77. The summed E-state index contributed by atoms with van der Waals surface area (Å²) in [5.74, 6) is 1.17. The van der Waals surface area contributed by atoms with Crippen LogP contribution in [-0.2, 0) is 9.59 Å². The smallest absolute Gasteiger partial charge is 0.228 e. The summed E-state index contributed by atoms with van der Waals surface area (Å²) in [5, 5.41) is 0. The van der Waals surface area contributed by atoms with E-state index in [0.717, 1.165) is 31.7 Å². The van der Waals surface area contributed by atoms with Crippen molar-refractivity contribution in [2.75, 3.05) is 13.1 Å². The molecule has 4 aliphatic rings. The van der Waals surface area contributed by atoms with Crippen LogP contribution in [0.5, 0.6) is 0 Å². The van der Waals surface area contributed by atoms with Crippen LogP contribution in [0.2, 0.25) is 0 Å². The van der Waals surface area contributed by atoms with Gasteiger partial charge in [-0.05, 0) is 44.4 Å². The van der Waals surface area contributed by atoms with Crippen molar-refractivity contribution >= 4 is 11.8 Å². The lowest BCUT2D eigenvalue weighted by Gasteiger charge is -2.45. The number of amides is 2. The van der Waals surface area contributed by atoms with Crippen LogP contribution in [0.3, 0.4) is 0 Å². The maximum absolute atomic E-state index is 12.9. The lowest BCUT2D eigenvalue weighted by Crippen LogP contribution is -2.51. The van der Waals surface area contributed by atoms with Crippen molar-refractivity contribution in [3.05, 3.63) is 0 Å². The first kappa shape index (κ1) is 13.6. The van der Waals surface area contributed by atoms with Gasteiger partial charge in [0.1, 0.15) is 0 Å². The lowest BCUT2D eigenvalue weighted by molar-refractivity contribution is -0.142. The van der Waals surface area contributed by atoms with E-state index in [4.69, 9.17) is 0 Å². The summed E-state index contributed by atoms with van der Waals surface area (Å²) in [7, 11) is 0. The molecule has 4 nitrogen and oxygen atoms in total. The van der Waals surface area contributed by atoms with Crippen molar-refractivity contribution in [1.82, 2.24) is 9.80 Å². The summed E-state index contributed by atoms with van der Waals surface area (Å²) >= 11 is 0. The quantitative estimate of drug-likeness (QED) is 0.782. The Morgan fingerprint density at radius 2 is 1.76 bits per heavy atom. The Balaban J connectivity index is 1.45. The Labute approximate surface area is 126 Å². The zero-order valence-electron chi connectivity index (χ0n) is 12.8. The van der Waals surface area contributed by atoms with Crippen molar-refractivity contribution in [1.29, 1.82) is 0 Å². The summed E-state index contributed by atoms with van der Waals surface area (Å²) in [5.41, 5.74) is 0. The maximum atomic E-state index is 12.9. The molecule has 0 N–H and O–H groups in total. The minimum absolute atomic E-state index is 0.0567. The van der Waals surface area contributed by atoms with E-state index in [1.54, 1.807) is 0 Å². The topological polar surface area (TPSA) is 40.6 Å². The van der Waals surface area contributed by atoms with Gasteiger partial charge in [0, 0.05) is 31.6 Å². The molecule has 0 aromatic carbocycles. The first-order chi connectivity index (χ1) is 10.2. The molecule has 0 aromatic heterocycles. The average molecular weight is 290 g/mol. The number of nitrogens with zero attached hydrogens (tertiary/aromatic N) is 2. The molecule has 0 radical (unpaired) electrons. The molecule has 4 heteroatoms. The van der Waals surface area contributed by atoms with Gasteiger partial charge in [-0.25, -0.2) is 0 Å². The van der Waals surface area contributed by atoms with Crippen LogP contribution in [0.4, 0.5) is 0 Å². The zero-order valence-corrected chi connectivity index (χ0v) is 12.8. The number of carbonyl (C=O) groups is 2. The number of carbonyl (C=O) groups excluding carboxylic acids is 2. The van der Waals surface area contributed by atoms with Gasteiger partial charge >= 0.3 is 0 Å². The highest BCUT2D eigenvalue weighted by atomic mass is 16.2. The third-order valence-corrected chi connectivity index (χ3v) is 6.02. The van der Waals surface area contributed by atoms with Crippen molar-refractivity contribution < 1.29 is 9.59 Å². The van der Waals surface area contributed by atoms with Crippen molar-refractivity contribution in [2.45, 2.75) is 69.9 Å². The fourth-order valence-electron chi connectivity index (χ4n) is 4.77.